The van der Waals surface area contributed by atoms with Gasteiger partial charge in [-0.25, -0.2) is 4.98 Å². The van der Waals surface area contributed by atoms with Gasteiger partial charge in [0.1, 0.15) is 5.82 Å². The average molecular weight is 315 g/mol. The Morgan fingerprint density at radius 2 is 2.04 bits per heavy atom. The summed E-state index contributed by atoms with van der Waals surface area (Å²) in [5.74, 6) is 0.908. The number of rotatable bonds is 6. The zero-order chi connectivity index (χ0) is 16.1. The maximum atomic E-state index is 12.0. The SMILES string of the molecule is O=C(CC1(O)CCCCC1)NCCCc1nc2ccccc2[nH]1. The van der Waals surface area contributed by atoms with Crippen molar-refractivity contribution in [3.63, 3.8) is 0 Å². The molecular weight excluding hydrogens is 290 g/mol. The molecule has 1 fully saturated rings. The minimum absolute atomic E-state index is 0.0426. The number of nitrogens with zero attached hydrogens (tertiary/aromatic N) is 1. The third kappa shape index (κ3) is 4.32. The molecule has 0 radical (unpaired) electrons. The quantitative estimate of drug-likeness (QED) is 0.717. The molecule has 5 nitrogen and oxygen atoms in total. The Hall–Kier alpha value is -1.88. The molecular formula is C18H25N3O2. The number of aliphatic hydroxyl groups is 1. The number of hydrogen-bond donors (Lipinski definition) is 3. The van der Waals surface area contributed by atoms with Crippen LogP contribution in [0.5, 0.6) is 0 Å². The minimum atomic E-state index is -0.777. The molecule has 5 heteroatoms. The van der Waals surface area contributed by atoms with E-state index < -0.39 is 5.60 Å². The predicted octanol–water partition coefficient (Wildman–Crippen LogP) is 2.70. The molecule has 1 aromatic carbocycles. The van der Waals surface area contributed by atoms with E-state index in [1.165, 1.54) is 6.42 Å². The highest BCUT2D eigenvalue weighted by molar-refractivity contribution is 5.77. The molecule has 0 atom stereocenters. The van der Waals surface area contributed by atoms with Crippen LogP contribution in [-0.4, -0.2) is 33.1 Å². The summed E-state index contributed by atoms with van der Waals surface area (Å²) >= 11 is 0. The highest BCUT2D eigenvalue weighted by atomic mass is 16.3. The van der Waals surface area contributed by atoms with Gasteiger partial charge in [0.15, 0.2) is 0 Å². The van der Waals surface area contributed by atoms with Crippen molar-refractivity contribution in [3.8, 4) is 0 Å². The third-order valence-electron chi connectivity index (χ3n) is 4.62. The topological polar surface area (TPSA) is 78.0 Å². The Kier molecular flexibility index (Phi) is 4.96. The molecule has 1 aliphatic carbocycles. The van der Waals surface area contributed by atoms with Gasteiger partial charge in [0, 0.05) is 13.0 Å². The standard InChI is InChI=1S/C18H25N3O2/c22-17(13-18(23)10-4-1-5-11-18)19-12-6-9-16-20-14-7-2-3-8-15(14)21-16/h2-3,7-8,23H,1,4-6,9-13H2,(H,19,22)(H,20,21). The van der Waals surface area contributed by atoms with Crippen LogP contribution in [-0.2, 0) is 11.2 Å². The van der Waals surface area contributed by atoms with E-state index in [-0.39, 0.29) is 12.3 Å². The molecule has 1 heterocycles. The molecule has 1 aromatic heterocycles. The predicted molar refractivity (Wildman–Crippen MR) is 90.1 cm³/mol. The zero-order valence-electron chi connectivity index (χ0n) is 13.5. The van der Waals surface area contributed by atoms with Crippen LogP contribution < -0.4 is 5.32 Å². The highest BCUT2D eigenvalue weighted by Gasteiger charge is 2.31. The van der Waals surface area contributed by atoms with Crippen LogP contribution in [0.3, 0.4) is 0 Å². The number of aromatic amines is 1. The number of nitrogens with one attached hydrogen (secondary N) is 2. The summed E-state index contributed by atoms with van der Waals surface area (Å²) in [4.78, 5) is 19.8. The van der Waals surface area contributed by atoms with E-state index in [1.807, 2.05) is 24.3 Å². The van der Waals surface area contributed by atoms with Gasteiger partial charge < -0.3 is 15.4 Å². The van der Waals surface area contributed by atoms with E-state index in [0.717, 1.165) is 55.4 Å². The first-order valence-corrected chi connectivity index (χ1v) is 8.57. The number of hydrogen-bond acceptors (Lipinski definition) is 3. The molecule has 0 saturated heterocycles. The summed E-state index contributed by atoms with van der Waals surface area (Å²) in [5.41, 5.74) is 1.25. The van der Waals surface area contributed by atoms with Crippen LogP contribution in [0.4, 0.5) is 0 Å². The molecule has 124 valence electrons. The Labute approximate surface area is 136 Å². The van der Waals surface area contributed by atoms with Gasteiger partial charge in [0.05, 0.1) is 23.1 Å². The first kappa shape index (κ1) is 16.0. The van der Waals surface area contributed by atoms with Crippen LogP contribution in [0.15, 0.2) is 24.3 Å². The van der Waals surface area contributed by atoms with Crippen molar-refractivity contribution in [1.29, 1.82) is 0 Å². The number of H-pyrrole nitrogens is 1. The second kappa shape index (κ2) is 7.13. The van der Waals surface area contributed by atoms with Crippen molar-refractivity contribution in [1.82, 2.24) is 15.3 Å². The Balaban J connectivity index is 1.40. The molecule has 1 aliphatic rings. The van der Waals surface area contributed by atoms with Gasteiger partial charge in [0.2, 0.25) is 5.91 Å². The number of carbonyl (C=O) groups excluding carboxylic acids is 1. The molecule has 2 aromatic rings. The molecule has 1 saturated carbocycles. The lowest BCUT2D eigenvalue weighted by Crippen LogP contribution is -2.38. The van der Waals surface area contributed by atoms with E-state index in [0.29, 0.717) is 6.54 Å². The number of aromatic nitrogens is 2. The van der Waals surface area contributed by atoms with Crippen LogP contribution in [0.2, 0.25) is 0 Å². The van der Waals surface area contributed by atoms with Crippen molar-refractivity contribution >= 4 is 16.9 Å². The molecule has 0 bridgehead atoms. The molecule has 0 unspecified atom stereocenters. The number of para-hydroxylation sites is 2. The minimum Gasteiger partial charge on any atom is -0.389 e. The van der Waals surface area contributed by atoms with Gasteiger partial charge in [0.25, 0.3) is 0 Å². The maximum Gasteiger partial charge on any atom is 0.222 e. The molecule has 1 amide bonds. The number of amides is 1. The summed E-state index contributed by atoms with van der Waals surface area (Å²) in [6.45, 7) is 0.617. The van der Waals surface area contributed by atoms with Gasteiger partial charge in [-0.1, -0.05) is 31.4 Å². The van der Waals surface area contributed by atoms with Gasteiger partial charge in [-0.2, -0.15) is 0 Å². The third-order valence-corrected chi connectivity index (χ3v) is 4.62. The first-order chi connectivity index (χ1) is 11.1. The largest absolute Gasteiger partial charge is 0.389 e. The summed E-state index contributed by atoms with van der Waals surface area (Å²) < 4.78 is 0. The Bertz CT molecular complexity index is 626. The normalized spacial score (nSPS) is 17.3. The van der Waals surface area contributed by atoms with Crippen LogP contribution in [0.25, 0.3) is 11.0 Å². The lowest BCUT2D eigenvalue weighted by atomic mass is 9.82. The van der Waals surface area contributed by atoms with Crippen LogP contribution >= 0.6 is 0 Å². The smallest absolute Gasteiger partial charge is 0.222 e. The summed E-state index contributed by atoms with van der Waals surface area (Å²) in [7, 11) is 0. The number of benzene rings is 1. The molecule has 0 spiro atoms. The van der Waals surface area contributed by atoms with Gasteiger partial charge >= 0.3 is 0 Å². The zero-order valence-corrected chi connectivity index (χ0v) is 13.5. The van der Waals surface area contributed by atoms with Crippen molar-refractivity contribution in [2.45, 2.75) is 57.0 Å². The lowest BCUT2D eigenvalue weighted by Gasteiger charge is -2.31. The summed E-state index contributed by atoms with van der Waals surface area (Å²) in [6, 6.07) is 7.96. The van der Waals surface area contributed by atoms with Crippen LogP contribution in [0.1, 0.15) is 50.8 Å². The lowest BCUT2D eigenvalue weighted by molar-refractivity contribution is -0.127. The van der Waals surface area contributed by atoms with E-state index >= 15 is 0 Å². The van der Waals surface area contributed by atoms with Crippen molar-refractivity contribution < 1.29 is 9.90 Å². The fraction of sp³-hybridized carbons (Fsp3) is 0.556. The van der Waals surface area contributed by atoms with Gasteiger partial charge in [-0.3, -0.25) is 4.79 Å². The number of carbonyl (C=O) groups is 1. The van der Waals surface area contributed by atoms with Gasteiger partial charge in [-0.15, -0.1) is 0 Å². The summed E-state index contributed by atoms with van der Waals surface area (Å²) in [5, 5.41) is 13.3. The average Bonchev–Trinajstić information content (AvgIpc) is 2.94. The van der Waals surface area contributed by atoms with Crippen molar-refractivity contribution in [3.05, 3.63) is 30.1 Å². The number of fused-ring (bicyclic) bond motifs is 1. The van der Waals surface area contributed by atoms with Crippen molar-refractivity contribution in [2.75, 3.05) is 6.54 Å². The Morgan fingerprint density at radius 1 is 1.26 bits per heavy atom. The van der Waals surface area contributed by atoms with Crippen LogP contribution in [0, 0.1) is 0 Å². The molecule has 3 rings (SSSR count). The van der Waals surface area contributed by atoms with Crippen molar-refractivity contribution in [2.24, 2.45) is 0 Å². The number of imidazole rings is 1. The maximum absolute atomic E-state index is 12.0. The van der Waals surface area contributed by atoms with E-state index in [2.05, 4.69) is 15.3 Å². The molecule has 3 N–H and O–H groups in total. The fourth-order valence-corrected chi connectivity index (χ4v) is 3.36. The molecule has 23 heavy (non-hydrogen) atoms. The number of aryl methyl sites for hydroxylation is 1. The first-order valence-electron chi connectivity index (χ1n) is 8.57. The molecule has 0 aliphatic heterocycles. The fourth-order valence-electron chi connectivity index (χ4n) is 3.36. The Morgan fingerprint density at radius 3 is 2.83 bits per heavy atom. The van der Waals surface area contributed by atoms with E-state index in [4.69, 9.17) is 0 Å². The summed E-state index contributed by atoms with van der Waals surface area (Å²) in [6.07, 6.45) is 6.59. The van der Waals surface area contributed by atoms with E-state index in [1.54, 1.807) is 0 Å². The van der Waals surface area contributed by atoms with E-state index in [9.17, 15) is 9.90 Å². The van der Waals surface area contributed by atoms with Gasteiger partial charge in [-0.05, 0) is 31.4 Å². The monoisotopic (exact) mass is 315 g/mol. The highest BCUT2D eigenvalue weighted by Crippen LogP contribution is 2.30. The second-order valence-electron chi connectivity index (χ2n) is 6.62. The second-order valence-corrected chi connectivity index (χ2v) is 6.62.